The van der Waals surface area contributed by atoms with Gasteiger partial charge in [-0.25, -0.2) is 0 Å². The highest BCUT2D eigenvalue weighted by Crippen LogP contribution is 2.35. The van der Waals surface area contributed by atoms with Crippen LogP contribution in [0.25, 0.3) is 6.08 Å². The molecule has 0 atom stereocenters. The second-order valence-corrected chi connectivity index (χ2v) is 9.66. The molecule has 162 valence electrons. The maximum absolute atomic E-state index is 12.7. The Labute approximate surface area is 208 Å². The van der Waals surface area contributed by atoms with Crippen molar-refractivity contribution in [2.45, 2.75) is 13.2 Å². The van der Waals surface area contributed by atoms with Crippen molar-refractivity contribution in [1.29, 1.82) is 0 Å². The number of amides is 2. The van der Waals surface area contributed by atoms with Crippen LogP contribution >= 0.6 is 50.9 Å². The van der Waals surface area contributed by atoms with Crippen LogP contribution in [0.5, 0.6) is 5.75 Å². The lowest BCUT2D eigenvalue weighted by Gasteiger charge is -2.12. The zero-order valence-corrected chi connectivity index (χ0v) is 20.5. The quantitative estimate of drug-likeness (QED) is 0.298. The Hall–Kier alpha value is -2.25. The highest BCUT2D eigenvalue weighted by molar-refractivity contribution is 9.10. The predicted molar refractivity (Wildman–Crippen MR) is 133 cm³/mol. The summed E-state index contributed by atoms with van der Waals surface area (Å²) < 4.78 is 6.58. The minimum Gasteiger partial charge on any atom is -0.488 e. The number of imide groups is 1. The van der Waals surface area contributed by atoms with Gasteiger partial charge < -0.3 is 4.74 Å². The molecule has 0 saturated carbocycles. The second kappa shape index (κ2) is 10.1. The molecule has 4 rings (SSSR count). The van der Waals surface area contributed by atoms with Crippen LogP contribution in [0.2, 0.25) is 10.0 Å². The second-order valence-electron chi connectivity index (χ2n) is 6.97. The van der Waals surface area contributed by atoms with Gasteiger partial charge in [0.05, 0.1) is 15.9 Å². The molecule has 4 nitrogen and oxygen atoms in total. The lowest BCUT2D eigenvalue weighted by molar-refractivity contribution is -0.123. The van der Waals surface area contributed by atoms with Gasteiger partial charge in [0.2, 0.25) is 0 Å². The van der Waals surface area contributed by atoms with E-state index in [9.17, 15) is 9.59 Å². The number of ether oxygens (including phenoxy) is 1. The van der Waals surface area contributed by atoms with Gasteiger partial charge in [0, 0.05) is 15.6 Å². The fraction of sp³-hybridized carbons (Fsp3) is 0.0833. The maximum atomic E-state index is 12.7. The van der Waals surface area contributed by atoms with Gasteiger partial charge in [0.1, 0.15) is 12.4 Å². The molecule has 1 aliphatic rings. The van der Waals surface area contributed by atoms with Crippen molar-refractivity contribution >= 4 is 68.1 Å². The average Bonchev–Trinajstić information content (AvgIpc) is 3.02. The molecule has 1 fully saturated rings. The molecule has 0 bridgehead atoms. The highest BCUT2D eigenvalue weighted by atomic mass is 79.9. The molecule has 3 aromatic rings. The van der Waals surface area contributed by atoms with Crippen LogP contribution in [0.3, 0.4) is 0 Å². The Balaban J connectivity index is 1.45. The first kappa shape index (κ1) is 22.9. The molecule has 1 heterocycles. The van der Waals surface area contributed by atoms with Crippen molar-refractivity contribution < 1.29 is 14.3 Å². The summed E-state index contributed by atoms with van der Waals surface area (Å²) in [5, 5.41) is 0.831. The van der Waals surface area contributed by atoms with E-state index in [0.717, 1.165) is 32.9 Å². The Morgan fingerprint density at radius 1 is 1.00 bits per heavy atom. The van der Waals surface area contributed by atoms with E-state index in [4.69, 9.17) is 27.9 Å². The molecule has 32 heavy (non-hydrogen) atoms. The topological polar surface area (TPSA) is 46.6 Å². The van der Waals surface area contributed by atoms with E-state index >= 15 is 0 Å². The maximum Gasteiger partial charge on any atom is 0.293 e. The van der Waals surface area contributed by atoms with Crippen molar-refractivity contribution in [2.24, 2.45) is 0 Å². The summed E-state index contributed by atoms with van der Waals surface area (Å²) >= 11 is 16.6. The lowest BCUT2D eigenvalue weighted by Crippen LogP contribution is -2.27. The summed E-state index contributed by atoms with van der Waals surface area (Å²) in [7, 11) is 0. The molecule has 0 N–H and O–H groups in total. The molecule has 2 amide bonds. The number of halogens is 3. The molecule has 3 aromatic carbocycles. The van der Waals surface area contributed by atoms with Crippen molar-refractivity contribution in [3.8, 4) is 5.75 Å². The number of carbonyl (C=O) groups excluding carboxylic acids is 2. The van der Waals surface area contributed by atoms with E-state index in [-0.39, 0.29) is 24.3 Å². The number of thioether (sulfide) groups is 1. The van der Waals surface area contributed by atoms with Crippen molar-refractivity contribution in [1.82, 2.24) is 4.90 Å². The number of hydrogen-bond donors (Lipinski definition) is 0. The van der Waals surface area contributed by atoms with Gasteiger partial charge in [-0.1, -0.05) is 65.7 Å². The molecular formula is C24H16BrCl2NO3S. The highest BCUT2D eigenvalue weighted by Gasteiger charge is 2.34. The molecule has 0 aromatic heterocycles. The van der Waals surface area contributed by atoms with E-state index in [1.54, 1.807) is 24.3 Å². The van der Waals surface area contributed by atoms with E-state index in [0.29, 0.717) is 20.7 Å². The minimum absolute atomic E-state index is 0.257. The van der Waals surface area contributed by atoms with Crippen LogP contribution in [0, 0.1) is 0 Å². The fourth-order valence-corrected chi connectivity index (χ4v) is 4.88. The Bertz CT molecular complexity index is 1220. The van der Waals surface area contributed by atoms with E-state index in [2.05, 4.69) is 15.9 Å². The standard InChI is InChI=1S/C24H16BrCl2NO3S/c25-19-10-16(6-9-21(19)31-14-17-7-8-18(26)12-20(17)27)11-22-23(29)28(24(30)32-22)13-15-4-2-1-3-5-15/h1-12H,13-14H2/b22-11-. The van der Waals surface area contributed by atoms with Gasteiger partial charge in [-0.3, -0.25) is 14.5 Å². The van der Waals surface area contributed by atoms with Gasteiger partial charge in [0.15, 0.2) is 0 Å². The molecular weight excluding hydrogens is 533 g/mol. The molecule has 0 radical (unpaired) electrons. The number of carbonyl (C=O) groups is 2. The smallest absolute Gasteiger partial charge is 0.293 e. The Kier molecular flexibility index (Phi) is 7.26. The first-order chi connectivity index (χ1) is 15.4. The SMILES string of the molecule is O=C1S/C(=C\c2ccc(OCc3ccc(Cl)cc3Cl)c(Br)c2)C(=O)N1Cc1ccccc1. The summed E-state index contributed by atoms with van der Waals surface area (Å²) in [6.45, 7) is 0.541. The normalized spacial score (nSPS) is 15.0. The van der Waals surface area contributed by atoms with Gasteiger partial charge in [-0.2, -0.15) is 0 Å². The number of hydrogen-bond acceptors (Lipinski definition) is 4. The van der Waals surface area contributed by atoms with E-state index in [1.165, 1.54) is 4.90 Å². The molecule has 0 spiro atoms. The van der Waals surface area contributed by atoms with Crippen LogP contribution in [-0.4, -0.2) is 16.0 Å². The first-order valence-electron chi connectivity index (χ1n) is 9.56. The third-order valence-corrected chi connectivity index (χ3v) is 6.82. The van der Waals surface area contributed by atoms with Crippen LogP contribution in [0.1, 0.15) is 16.7 Å². The molecule has 1 aliphatic heterocycles. The third kappa shape index (κ3) is 5.38. The zero-order chi connectivity index (χ0) is 22.7. The molecule has 0 aliphatic carbocycles. The third-order valence-electron chi connectivity index (χ3n) is 4.71. The Morgan fingerprint density at radius 3 is 2.50 bits per heavy atom. The predicted octanol–water partition coefficient (Wildman–Crippen LogP) is 7.57. The minimum atomic E-state index is -0.294. The van der Waals surface area contributed by atoms with Gasteiger partial charge in [-0.15, -0.1) is 0 Å². The van der Waals surface area contributed by atoms with Crippen LogP contribution in [-0.2, 0) is 17.9 Å². The van der Waals surface area contributed by atoms with Gasteiger partial charge in [0.25, 0.3) is 11.1 Å². The number of nitrogens with zero attached hydrogens (tertiary/aromatic N) is 1. The summed E-state index contributed by atoms with van der Waals surface area (Å²) in [4.78, 5) is 26.8. The van der Waals surface area contributed by atoms with Gasteiger partial charge >= 0.3 is 0 Å². The van der Waals surface area contributed by atoms with E-state index < -0.39 is 0 Å². The Morgan fingerprint density at radius 2 is 1.78 bits per heavy atom. The van der Waals surface area contributed by atoms with Crippen LogP contribution < -0.4 is 4.74 Å². The van der Waals surface area contributed by atoms with Crippen LogP contribution in [0.4, 0.5) is 4.79 Å². The van der Waals surface area contributed by atoms with E-state index in [1.807, 2.05) is 48.5 Å². The van der Waals surface area contributed by atoms with Crippen molar-refractivity contribution in [2.75, 3.05) is 0 Å². The average molecular weight is 549 g/mol. The van der Waals surface area contributed by atoms with Crippen molar-refractivity contribution in [3.63, 3.8) is 0 Å². The number of benzene rings is 3. The van der Waals surface area contributed by atoms with Crippen molar-refractivity contribution in [3.05, 3.63) is 103 Å². The summed E-state index contributed by atoms with van der Waals surface area (Å²) in [5.74, 6) is 0.336. The summed E-state index contributed by atoms with van der Waals surface area (Å²) in [5.41, 5.74) is 2.50. The first-order valence-corrected chi connectivity index (χ1v) is 11.9. The fourth-order valence-electron chi connectivity index (χ4n) is 3.07. The molecule has 1 saturated heterocycles. The van der Waals surface area contributed by atoms with Crippen LogP contribution in [0.15, 0.2) is 76.1 Å². The largest absolute Gasteiger partial charge is 0.488 e. The monoisotopic (exact) mass is 547 g/mol. The lowest BCUT2D eigenvalue weighted by atomic mass is 10.2. The van der Waals surface area contributed by atoms with Gasteiger partial charge in [-0.05, 0) is 69.2 Å². The summed E-state index contributed by atoms with van der Waals surface area (Å²) in [6.07, 6.45) is 1.71. The zero-order valence-electron chi connectivity index (χ0n) is 16.6. The molecule has 0 unspecified atom stereocenters. The molecule has 8 heteroatoms. The number of rotatable bonds is 6. The summed E-state index contributed by atoms with van der Waals surface area (Å²) in [6, 6.07) is 20.1.